The van der Waals surface area contributed by atoms with Crippen molar-refractivity contribution in [2.75, 3.05) is 10.5 Å². The van der Waals surface area contributed by atoms with Crippen LogP contribution < -0.4 is 10.5 Å². The Morgan fingerprint density at radius 1 is 0.947 bits per heavy atom. The van der Waals surface area contributed by atoms with Crippen LogP contribution in [-0.2, 0) is 10.0 Å². The van der Waals surface area contributed by atoms with Gasteiger partial charge in [0.1, 0.15) is 0 Å². The summed E-state index contributed by atoms with van der Waals surface area (Å²) < 4.78 is 28.4. The first-order valence-electron chi connectivity index (χ1n) is 5.22. The molecule has 0 aliphatic rings. The third kappa shape index (κ3) is 3.49. The lowest BCUT2D eigenvalue weighted by molar-refractivity contribution is 0.601. The Balaban J connectivity index is 2.33. The third-order valence-corrected chi connectivity index (χ3v) is 4.79. The fraction of sp³-hybridized carbons (Fsp3) is 0. The summed E-state index contributed by atoms with van der Waals surface area (Å²) in [7, 11) is -3.63. The van der Waals surface area contributed by atoms with Crippen molar-refractivity contribution in [3.8, 4) is 0 Å². The van der Waals surface area contributed by atoms with E-state index in [9.17, 15) is 8.42 Å². The Kier molecular flexibility index (Phi) is 4.17. The van der Waals surface area contributed by atoms with Crippen LogP contribution in [0.1, 0.15) is 0 Å². The second-order valence-corrected chi connectivity index (χ2v) is 7.30. The first-order valence-corrected chi connectivity index (χ1v) is 8.29. The molecule has 0 aliphatic heterocycles. The third-order valence-electron chi connectivity index (χ3n) is 2.38. The number of nitrogen functional groups attached to an aromatic ring is 1. The molecule has 100 valence electrons. The van der Waals surface area contributed by atoms with Gasteiger partial charge in [-0.2, -0.15) is 0 Å². The summed E-state index contributed by atoms with van der Waals surface area (Å²) >= 11 is 6.52. The molecule has 0 fully saturated rings. The molecular formula is C12H10Br2N2O2S. The van der Waals surface area contributed by atoms with Crippen LogP contribution in [0, 0.1) is 0 Å². The molecule has 0 saturated heterocycles. The molecular weight excluding hydrogens is 396 g/mol. The Hall–Kier alpha value is -1.05. The number of hydrogen-bond acceptors (Lipinski definition) is 3. The second kappa shape index (κ2) is 5.52. The number of halogens is 2. The van der Waals surface area contributed by atoms with Gasteiger partial charge in [0.2, 0.25) is 0 Å². The number of nitrogens with two attached hydrogens (primary N) is 1. The summed E-state index contributed by atoms with van der Waals surface area (Å²) in [6.07, 6.45) is 0. The van der Waals surface area contributed by atoms with E-state index in [1.165, 1.54) is 12.1 Å². The van der Waals surface area contributed by atoms with Crippen LogP contribution in [0.15, 0.2) is 56.3 Å². The first-order chi connectivity index (χ1) is 8.88. The van der Waals surface area contributed by atoms with Gasteiger partial charge in [-0.15, -0.1) is 0 Å². The summed E-state index contributed by atoms with van der Waals surface area (Å²) in [5.41, 5.74) is 6.48. The van der Waals surface area contributed by atoms with Crippen LogP contribution in [0.5, 0.6) is 0 Å². The van der Waals surface area contributed by atoms with Crippen LogP contribution >= 0.6 is 31.9 Å². The number of hydrogen-bond donors (Lipinski definition) is 2. The van der Waals surface area contributed by atoms with Gasteiger partial charge in [0.05, 0.1) is 16.3 Å². The highest BCUT2D eigenvalue weighted by molar-refractivity contribution is 9.10. The van der Waals surface area contributed by atoms with Crippen LogP contribution in [0.3, 0.4) is 0 Å². The van der Waals surface area contributed by atoms with E-state index in [-0.39, 0.29) is 4.90 Å². The Morgan fingerprint density at radius 3 is 2.11 bits per heavy atom. The first kappa shape index (κ1) is 14.4. The fourth-order valence-corrected chi connectivity index (χ4v) is 3.17. The van der Waals surface area contributed by atoms with E-state index in [0.717, 1.165) is 8.95 Å². The molecule has 0 aliphatic carbocycles. The molecule has 4 nitrogen and oxygen atoms in total. The minimum Gasteiger partial charge on any atom is -0.397 e. The summed E-state index contributed by atoms with van der Waals surface area (Å²) in [5.74, 6) is 0. The number of nitrogens with one attached hydrogen (secondary N) is 1. The fourth-order valence-electron chi connectivity index (χ4n) is 1.44. The van der Waals surface area contributed by atoms with Crippen LogP contribution in [-0.4, -0.2) is 8.42 Å². The van der Waals surface area contributed by atoms with Crippen molar-refractivity contribution in [3.05, 3.63) is 51.4 Å². The summed E-state index contributed by atoms with van der Waals surface area (Å²) in [6, 6.07) is 11.3. The molecule has 0 atom stereocenters. The molecule has 19 heavy (non-hydrogen) atoms. The molecule has 0 radical (unpaired) electrons. The van der Waals surface area contributed by atoms with Gasteiger partial charge < -0.3 is 5.73 Å². The maximum Gasteiger partial charge on any atom is 0.261 e. The van der Waals surface area contributed by atoms with Crippen molar-refractivity contribution in [1.29, 1.82) is 0 Å². The molecule has 0 unspecified atom stereocenters. The zero-order valence-electron chi connectivity index (χ0n) is 9.60. The van der Waals surface area contributed by atoms with Crippen molar-refractivity contribution in [2.24, 2.45) is 0 Å². The van der Waals surface area contributed by atoms with Gasteiger partial charge >= 0.3 is 0 Å². The van der Waals surface area contributed by atoms with Gasteiger partial charge in [-0.3, -0.25) is 4.72 Å². The molecule has 2 rings (SSSR count). The highest BCUT2D eigenvalue weighted by atomic mass is 79.9. The quantitative estimate of drug-likeness (QED) is 0.766. The highest BCUT2D eigenvalue weighted by Crippen LogP contribution is 2.26. The molecule has 0 saturated carbocycles. The zero-order valence-corrected chi connectivity index (χ0v) is 13.6. The van der Waals surface area contributed by atoms with E-state index in [0.29, 0.717) is 11.4 Å². The van der Waals surface area contributed by atoms with Crippen LogP contribution in [0.25, 0.3) is 0 Å². The largest absolute Gasteiger partial charge is 0.397 e. The normalized spacial score (nSPS) is 11.3. The second-order valence-electron chi connectivity index (χ2n) is 3.79. The topological polar surface area (TPSA) is 72.2 Å². The Morgan fingerprint density at radius 2 is 1.53 bits per heavy atom. The molecule has 0 amide bonds. The van der Waals surface area contributed by atoms with Crippen molar-refractivity contribution < 1.29 is 8.42 Å². The number of benzene rings is 2. The molecule has 0 spiro atoms. The highest BCUT2D eigenvalue weighted by Gasteiger charge is 2.15. The minimum absolute atomic E-state index is 0.179. The maximum atomic E-state index is 12.2. The maximum absolute atomic E-state index is 12.2. The molecule has 2 aromatic carbocycles. The summed E-state index contributed by atoms with van der Waals surface area (Å²) in [5, 5.41) is 0. The number of anilines is 2. The molecule has 3 N–H and O–H groups in total. The van der Waals surface area contributed by atoms with Gasteiger partial charge in [-0.1, -0.05) is 31.9 Å². The predicted molar refractivity (Wildman–Crippen MR) is 83.5 cm³/mol. The zero-order chi connectivity index (χ0) is 14.0. The van der Waals surface area contributed by atoms with E-state index >= 15 is 0 Å². The van der Waals surface area contributed by atoms with Crippen LogP contribution in [0.4, 0.5) is 11.4 Å². The average molecular weight is 406 g/mol. The van der Waals surface area contributed by atoms with Crippen molar-refractivity contribution >= 4 is 53.3 Å². The lowest BCUT2D eigenvalue weighted by Gasteiger charge is -2.10. The molecule has 0 heterocycles. The Bertz CT molecular complexity index is 700. The van der Waals surface area contributed by atoms with Crippen molar-refractivity contribution in [1.82, 2.24) is 0 Å². The van der Waals surface area contributed by atoms with E-state index in [1.54, 1.807) is 30.3 Å². The molecule has 0 bridgehead atoms. The van der Waals surface area contributed by atoms with Crippen molar-refractivity contribution in [2.45, 2.75) is 4.90 Å². The van der Waals surface area contributed by atoms with E-state index in [2.05, 4.69) is 36.6 Å². The monoisotopic (exact) mass is 404 g/mol. The van der Waals surface area contributed by atoms with E-state index in [1.807, 2.05) is 0 Å². The minimum atomic E-state index is -3.63. The molecule has 7 heteroatoms. The van der Waals surface area contributed by atoms with Gasteiger partial charge in [-0.25, -0.2) is 8.42 Å². The standard InChI is InChI=1S/C12H10Br2N2O2S/c13-8-1-4-10(5-2-8)19(17,18)16-12-6-3-9(14)7-11(12)15/h1-7,16H,15H2. The van der Waals surface area contributed by atoms with Crippen LogP contribution in [0.2, 0.25) is 0 Å². The smallest absolute Gasteiger partial charge is 0.261 e. The van der Waals surface area contributed by atoms with E-state index < -0.39 is 10.0 Å². The average Bonchev–Trinajstić information content (AvgIpc) is 2.33. The van der Waals surface area contributed by atoms with Crippen molar-refractivity contribution in [3.63, 3.8) is 0 Å². The number of sulfonamides is 1. The summed E-state index contributed by atoms with van der Waals surface area (Å²) in [6.45, 7) is 0. The van der Waals surface area contributed by atoms with Gasteiger partial charge in [-0.05, 0) is 42.5 Å². The van der Waals surface area contributed by atoms with E-state index in [4.69, 9.17) is 5.73 Å². The predicted octanol–water partition coefficient (Wildman–Crippen LogP) is 3.59. The van der Waals surface area contributed by atoms with Gasteiger partial charge in [0.15, 0.2) is 0 Å². The Labute approximate surface area is 128 Å². The lowest BCUT2D eigenvalue weighted by Crippen LogP contribution is -2.14. The molecule has 0 aromatic heterocycles. The van der Waals surface area contributed by atoms with Gasteiger partial charge in [0.25, 0.3) is 10.0 Å². The lowest BCUT2D eigenvalue weighted by atomic mass is 10.3. The van der Waals surface area contributed by atoms with Gasteiger partial charge in [0, 0.05) is 8.95 Å². The SMILES string of the molecule is Nc1cc(Br)ccc1NS(=O)(=O)c1ccc(Br)cc1. The molecule has 2 aromatic rings. The number of rotatable bonds is 3. The summed E-state index contributed by atoms with van der Waals surface area (Å²) in [4.78, 5) is 0.179.